The molecular formula is C21H23Br2IN2O3. The summed E-state index contributed by atoms with van der Waals surface area (Å²) < 4.78 is 1.13. The summed E-state index contributed by atoms with van der Waals surface area (Å²) in [5.41, 5.74) is 0.806. The lowest BCUT2D eigenvalue weighted by molar-refractivity contribution is -0.140. The van der Waals surface area contributed by atoms with E-state index in [0.717, 1.165) is 34.9 Å². The molecule has 1 saturated heterocycles. The maximum Gasteiger partial charge on any atom is 0.233 e. The fraction of sp³-hybridized carbons (Fsp3) is 0.571. The second-order valence-corrected chi connectivity index (χ2v) is 11.6. The van der Waals surface area contributed by atoms with E-state index >= 15 is 0 Å². The number of carbonyl (C=O) groups excluding carboxylic acids is 3. The van der Waals surface area contributed by atoms with Gasteiger partial charge < -0.3 is 5.32 Å². The quantitative estimate of drug-likeness (QED) is 0.206. The van der Waals surface area contributed by atoms with Crippen LogP contribution in [0.15, 0.2) is 24.3 Å². The van der Waals surface area contributed by atoms with Crippen LogP contribution in [0, 0.1) is 27.2 Å². The molecule has 4 rings (SSSR count). The Balaban J connectivity index is 1.20. The molecule has 0 unspecified atom stereocenters. The third-order valence-electron chi connectivity index (χ3n) is 6.49. The van der Waals surface area contributed by atoms with Crippen LogP contribution in [0.1, 0.15) is 32.1 Å². The maximum atomic E-state index is 12.8. The number of hydrogen-bond donors (Lipinski definition) is 1. The number of amides is 3. The van der Waals surface area contributed by atoms with Crippen molar-refractivity contribution >= 4 is 77.9 Å². The Labute approximate surface area is 201 Å². The number of nitrogens with one attached hydrogen (secondary N) is 1. The van der Waals surface area contributed by atoms with Gasteiger partial charge in [0.1, 0.15) is 0 Å². The first-order valence-corrected chi connectivity index (χ1v) is 13.0. The van der Waals surface area contributed by atoms with Gasteiger partial charge in [-0.3, -0.25) is 19.3 Å². The van der Waals surface area contributed by atoms with Gasteiger partial charge in [-0.15, -0.1) is 0 Å². The van der Waals surface area contributed by atoms with Crippen molar-refractivity contribution in [3.8, 4) is 0 Å². The van der Waals surface area contributed by atoms with E-state index in [0.29, 0.717) is 13.0 Å². The SMILES string of the molecule is O=C(CCCCCN1C(=O)[C@@H]2[C@H]3C[C@@H]([C@H](Br)[C@H]3Br)[C@H]2C1=O)Nc1ccc(I)cc1. The molecule has 0 radical (unpaired) electrons. The summed E-state index contributed by atoms with van der Waals surface area (Å²) in [6.45, 7) is 0.475. The van der Waals surface area contributed by atoms with Crippen molar-refractivity contribution in [2.45, 2.75) is 41.8 Å². The molecule has 1 aliphatic heterocycles. The average Bonchev–Trinajstić information content (AvgIpc) is 3.29. The summed E-state index contributed by atoms with van der Waals surface area (Å²) in [4.78, 5) is 39.8. The van der Waals surface area contributed by atoms with Crippen LogP contribution in [0.5, 0.6) is 0 Å². The summed E-state index contributed by atoms with van der Waals surface area (Å²) in [6.07, 6.45) is 3.72. The molecule has 3 aliphatic rings. The molecule has 29 heavy (non-hydrogen) atoms. The standard InChI is InChI=1S/C21H23Br2IN2O3/c22-18-13-10-14(19(18)23)17-16(13)20(28)26(21(17)29)9-3-1-2-4-15(27)25-12-7-5-11(24)6-8-12/h5-8,13-14,16-19H,1-4,9-10H2,(H,25,27)/t13-,14-,16-,17-,18+,19+/m1/s1. The maximum absolute atomic E-state index is 12.8. The second-order valence-electron chi connectivity index (χ2n) is 8.20. The Kier molecular flexibility index (Phi) is 6.70. The molecule has 2 saturated carbocycles. The number of hydrogen-bond acceptors (Lipinski definition) is 3. The first-order chi connectivity index (χ1) is 13.9. The van der Waals surface area contributed by atoms with Gasteiger partial charge in [-0.2, -0.15) is 0 Å². The molecule has 1 aromatic rings. The van der Waals surface area contributed by atoms with Crippen molar-refractivity contribution in [1.29, 1.82) is 0 Å². The Morgan fingerprint density at radius 2 is 1.59 bits per heavy atom. The van der Waals surface area contributed by atoms with Gasteiger partial charge in [0.15, 0.2) is 0 Å². The number of nitrogens with zero attached hydrogens (tertiary/aromatic N) is 1. The zero-order valence-electron chi connectivity index (χ0n) is 15.8. The Bertz CT molecular complexity index is 787. The van der Waals surface area contributed by atoms with E-state index in [1.54, 1.807) is 0 Å². The zero-order valence-corrected chi connectivity index (χ0v) is 21.2. The number of fused-ring (bicyclic) bond motifs is 5. The zero-order chi connectivity index (χ0) is 20.7. The van der Waals surface area contributed by atoms with E-state index < -0.39 is 0 Å². The highest BCUT2D eigenvalue weighted by atomic mass is 127. The highest BCUT2D eigenvalue weighted by Gasteiger charge is 2.66. The number of halogens is 3. The number of likely N-dealkylation sites (tertiary alicyclic amines) is 1. The molecule has 0 spiro atoms. The van der Waals surface area contributed by atoms with Crippen LogP contribution >= 0.6 is 54.5 Å². The molecule has 1 aromatic carbocycles. The van der Waals surface area contributed by atoms with Crippen LogP contribution in [0.3, 0.4) is 0 Å². The van der Waals surface area contributed by atoms with Gasteiger partial charge in [0.2, 0.25) is 17.7 Å². The van der Waals surface area contributed by atoms with Gasteiger partial charge in [-0.05, 0) is 78.0 Å². The smallest absolute Gasteiger partial charge is 0.233 e. The molecule has 8 heteroatoms. The Morgan fingerprint density at radius 1 is 1.00 bits per heavy atom. The second kappa shape index (κ2) is 8.94. The lowest BCUT2D eigenvalue weighted by Crippen LogP contribution is -2.37. The minimum Gasteiger partial charge on any atom is -0.326 e. The fourth-order valence-electron chi connectivity index (χ4n) is 5.12. The number of carbonyl (C=O) groups is 3. The van der Waals surface area contributed by atoms with Gasteiger partial charge in [-0.1, -0.05) is 38.3 Å². The van der Waals surface area contributed by atoms with Crippen LogP contribution in [0.25, 0.3) is 0 Å². The molecule has 2 aliphatic carbocycles. The van der Waals surface area contributed by atoms with Gasteiger partial charge in [0.25, 0.3) is 0 Å². The highest BCUT2D eigenvalue weighted by Crippen LogP contribution is 2.60. The van der Waals surface area contributed by atoms with E-state index in [2.05, 4.69) is 59.8 Å². The molecule has 3 amide bonds. The van der Waals surface area contributed by atoms with Crippen molar-refractivity contribution in [2.75, 3.05) is 11.9 Å². The predicted molar refractivity (Wildman–Crippen MR) is 127 cm³/mol. The van der Waals surface area contributed by atoms with Gasteiger partial charge in [-0.25, -0.2) is 0 Å². The van der Waals surface area contributed by atoms with E-state index in [9.17, 15) is 14.4 Å². The molecule has 1 heterocycles. The third kappa shape index (κ3) is 4.18. The van der Waals surface area contributed by atoms with Crippen molar-refractivity contribution in [3.63, 3.8) is 0 Å². The van der Waals surface area contributed by atoms with Crippen molar-refractivity contribution < 1.29 is 14.4 Å². The number of benzene rings is 1. The molecule has 0 aromatic heterocycles. The normalized spacial score (nSPS) is 32.7. The van der Waals surface area contributed by atoms with E-state index in [-0.39, 0.29) is 51.0 Å². The summed E-state index contributed by atoms with van der Waals surface area (Å²) in [6, 6.07) is 7.70. The van der Waals surface area contributed by atoms with Crippen LogP contribution in [0.4, 0.5) is 5.69 Å². The lowest BCUT2D eigenvalue weighted by Gasteiger charge is -2.28. The average molecular weight is 638 g/mol. The first kappa shape index (κ1) is 21.7. The number of anilines is 1. The molecule has 5 nitrogen and oxygen atoms in total. The van der Waals surface area contributed by atoms with E-state index in [4.69, 9.17) is 0 Å². The Morgan fingerprint density at radius 3 is 2.17 bits per heavy atom. The number of unbranched alkanes of at least 4 members (excludes halogenated alkanes) is 2. The van der Waals surface area contributed by atoms with Crippen molar-refractivity contribution in [3.05, 3.63) is 27.8 Å². The number of alkyl halides is 2. The first-order valence-electron chi connectivity index (χ1n) is 10.1. The topological polar surface area (TPSA) is 66.5 Å². The molecule has 3 fully saturated rings. The number of imide groups is 1. The monoisotopic (exact) mass is 636 g/mol. The number of rotatable bonds is 7. The molecule has 6 atom stereocenters. The third-order valence-corrected chi connectivity index (χ3v) is 10.4. The van der Waals surface area contributed by atoms with Gasteiger partial charge in [0.05, 0.1) is 11.8 Å². The lowest BCUT2D eigenvalue weighted by atomic mass is 9.81. The van der Waals surface area contributed by atoms with E-state index in [1.165, 1.54) is 4.90 Å². The Hall–Kier alpha value is -0.480. The summed E-state index contributed by atoms with van der Waals surface area (Å²) in [7, 11) is 0. The molecule has 156 valence electrons. The predicted octanol–water partition coefficient (Wildman–Crippen LogP) is 4.57. The van der Waals surface area contributed by atoms with Crippen molar-refractivity contribution in [2.24, 2.45) is 23.7 Å². The van der Waals surface area contributed by atoms with Crippen molar-refractivity contribution in [1.82, 2.24) is 4.90 Å². The minimum absolute atomic E-state index is 0.00244. The van der Waals surface area contributed by atoms with Crippen LogP contribution in [-0.4, -0.2) is 38.8 Å². The summed E-state index contributed by atoms with van der Waals surface area (Å²) in [5, 5.41) is 2.90. The molecule has 1 N–H and O–H groups in total. The molecule has 2 bridgehead atoms. The van der Waals surface area contributed by atoms with Gasteiger partial charge in [0, 0.05) is 31.9 Å². The summed E-state index contributed by atoms with van der Waals surface area (Å²) >= 11 is 9.65. The largest absolute Gasteiger partial charge is 0.326 e. The highest BCUT2D eigenvalue weighted by molar-refractivity contribution is 14.1. The van der Waals surface area contributed by atoms with Crippen LogP contribution in [-0.2, 0) is 14.4 Å². The minimum atomic E-state index is -0.134. The molecular weight excluding hydrogens is 615 g/mol. The summed E-state index contributed by atoms with van der Waals surface area (Å²) in [5.74, 6) is 0.301. The van der Waals surface area contributed by atoms with E-state index in [1.807, 2.05) is 24.3 Å². The van der Waals surface area contributed by atoms with Crippen LogP contribution < -0.4 is 5.32 Å². The van der Waals surface area contributed by atoms with Gasteiger partial charge >= 0.3 is 0 Å². The fourth-order valence-corrected chi connectivity index (χ4v) is 7.35. The van der Waals surface area contributed by atoms with Crippen LogP contribution in [0.2, 0.25) is 0 Å².